The normalized spacial score (nSPS) is 12.9. The Kier molecular flexibility index (Phi) is 3.56. The number of aromatic nitrogens is 2. The fraction of sp³-hybridized carbons (Fsp3) is 0.300. The summed E-state index contributed by atoms with van der Waals surface area (Å²) < 4.78 is 1.18. The van der Waals surface area contributed by atoms with Crippen LogP contribution in [0.15, 0.2) is 28.3 Å². The van der Waals surface area contributed by atoms with E-state index in [1.165, 1.54) is 9.35 Å². The van der Waals surface area contributed by atoms with E-state index in [9.17, 15) is 0 Å². The Morgan fingerprint density at radius 3 is 3.07 bits per heavy atom. The molecule has 0 amide bonds. The van der Waals surface area contributed by atoms with E-state index in [0.29, 0.717) is 0 Å². The molecule has 0 saturated heterocycles. The van der Waals surface area contributed by atoms with E-state index >= 15 is 0 Å². The molecule has 5 heteroatoms. The summed E-state index contributed by atoms with van der Waals surface area (Å²) in [6, 6.07) is 2.32. The summed E-state index contributed by atoms with van der Waals surface area (Å²) in [4.78, 5) is 8.74. The van der Waals surface area contributed by atoms with E-state index in [0.717, 1.165) is 12.2 Å². The average molecular weight is 286 g/mol. The Labute approximate surface area is 101 Å². The van der Waals surface area contributed by atoms with E-state index in [1.54, 1.807) is 17.5 Å². The highest BCUT2D eigenvalue weighted by Crippen LogP contribution is 2.27. The molecule has 1 unspecified atom stereocenters. The molecule has 2 aromatic heterocycles. The highest BCUT2D eigenvalue weighted by molar-refractivity contribution is 9.10. The second-order valence-electron chi connectivity index (χ2n) is 3.21. The lowest BCUT2D eigenvalue weighted by atomic mass is 10.2. The van der Waals surface area contributed by atoms with Crippen molar-refractivity contribution < 1.29 is 0 Å². The Morgan fingerprint density at radius 1 is 1.67 bits per heavy atom. The number of rotatable bonds is 4. The van der Waals surface area contributed by atoms with Gasteiger partial charge >= 0.3 is 0 Å². The van der Waals surface area contributed by atoms with Crippen molar-refractivity contribution in [3.05, 3.63) is 39.0 Å². The van der Waals surface area contributed by atoms with Crippen molar-refractivity contribution in [1.82, 2.24) is 15.3 Å². The lowest BCUT2D eigenvalue weighted by molar-refractivity contribution is 0.566. The highest BCUT2D eigenvalue weighted by Gasteiger charge is 2.14. The third kappa shape index (κ3) is 2.48. The largest absolute Gasteiger partial charge is 0.347 e. The molecule has 2 heterocycles. The molecule has 0 saturated carbocycles. The zero-order valence-electron chi connectivity index (χ0n) is 8.33. The van der Waals surface area contributed by atoms with E-state index in [-0.39, 0.29) is 6.04 Å². The monoisotopic (exact) mass is 285 g/mol. The van der Waals surface area contributed by atoms with E-state index < -0.39 is 0 Å². The minimum absolute atomic E-state index is 0.245. The van der Waals surface area contributed by atoms with Gasteiger partial charge in [0.15, 0.2) is 0 Å². The summed E-state index contributed by atoms with van der Waals surface area (Å²) in [5, 5.41) is 5.35. The minimum atomic E-state index is 0.245. The first kappa shape index (κ1) is 10.9. The third-order valence-corrected chi connectivity index (χ3v) is 4.23. The molecule has 15 heavy (non-hydrogen) atoms. The Hall–Kier alpha value is -0.650. The fourth-order valence-electron chi connectivity index (χ4n) is 1.46. The van der Waals surface area contributed by atoms with E-state index in [2.05, 4.69) is 42.7 Å². The van der Waals surface area contributed by atoms with Crippen LogP contribution in [-0.2, 0) is 6.42 Å². The molecule has 0 aliphatic carbocycles. The highest BCUT2D eigenvalue weighted by atomic mass is 79.9. The predicted molar refractivity (Wildman–Crippen MR) is 66.1 cm³/mol. The molecule has 2 aromatic rings. The van der Waals surface area contributed by atoms with Crippen molar-refractivity contribution in [2.45, 2.75) is 12.5 Å². The minimum Gasteiger partial charge on any atom is -0.347 e. The molecule has 0 radical (unpaired) electrons. The molecule has 0 spiro atoms. The summed E-state index contributed by atoms with van der Waals surface area (Å²) >= 11 is 5.30. The second-order valence-corrected chi connectivity index (χ2v) is 5.07. The van der Waals surface area contributed by atoms with E-state index in [1.807, 2.05) is 13.2 Å². The molecule has 0 aliphatic heterocycles. The van der Waals surface area contributed by atoms with Gasteiger partial charge in [-0.05, 0) is 34.4 Å². The maximum Gasteiger partial charge on any atom is 0.123 e. The van der Waals surface area contributed by atoms with Crippen LogP contribution in [0.5, 0.6) is 0 Å². The molecule has 2 N–H and O–H groups in total. The number of hydrogen-bond donors (Lipinski definition) is 2. The van der Waals surface area contributed by atoms with Gasteiger partial charge in [0.1, 0.15) is 5.82 Å². The van der Waals surface area contributed by atoms with Crippen LogP contribution < -0.4 is 5.32 Å². The van der Waals surface area contributed by atoms with Gasteiger partial charge in [0, 0.05) is 28.2 Å². The van der Waals surface area contributed by atoms with Crippen molar-refractivity contribution in [1.29, 1.82) is 0 Å². The lowest BCUT2D eigenvalue weighted by Crippen LogP contribution is -2.19. The van der Waals surface area contributed by atoms with Crippen LogP contribution in [0, 0.1) is 0 Å². The zero-order chi connectivity index (χ0) is 10.7. The van der Waals surface area contributed by atoms with Crippen LogP contribution in [0.4, 0.5) is 0 Å². The smallest absolute Gasteiger partial charge is 0.123 e. The zero-order valence-corrected chi connectivity index (χ0v) is 10.7. The summed E-state index contributed by atoms with van der Waals surface area (Å²) in [5.41, 5.74) is 0. The number of thiophene rings is 1. The van der Waals surface area contributed by atoms with Crippen LogP contribution in [0.3, 0.4) is 0 Å². The van der Waals surface area contributed by atoms with Gasteiger partial charge in [0.2, 0.25) is 0 Å². The van der Waals surface area contributed by atoms with Gasteiger partial charge in [-0.25, -0.2) is 4.98 Å². The lowest BCUT2D eigenvalue weighted by Gasteiger charge is -2.12. The number of nitrogens with one attached hydrogen (secondary N) is 2. The van der Waals surface area contributed by atoms with Gasteiger partial charge < -0.3 is 10.3 Å². The quantitative estimate of drug-likeness (QED) is 0.907. The fourth-order valence-corrected chi connectivity index (χ4v) is 3.02. The van der Waals surface area contributed by atoms with Crippen LogP contribution >= 0.6 is 27.3 Å². The van der Waals surface area contributed by atoms with Crippen molar-refractivity contribution in [2.24, 2.45) is 0 Å². The van der Waals surface area contributed by atoms with Crippen molar-refractivity contribution >= 4 is 27.3 Å². The van der Waals surface area contributed by atoms with Crippen LogP contribution in [0.2, 0.25) is 0 Å². The van der Waals surface area contributed by atoms with Gasteiger partial charge in [-0.15, -0.1) is 11.3 Å². The van der Waals surface area contributed by atoms with Gasteiger partial charge in [0.05, 0.1) is 6.04 Å². The summed E-state index contributed by atoms with van der Waals surface area (Å²) in [6.07, 6.45) is 4.58. The van der Waals surface area contributed by atoms with E-state index in [4.69, 9.17) is 0 Å². The summed E-state index contributed by atoms with van der Waals surface area (Å²) in [5.74, 6) is 0.984. The molecule has 0 aliphatic rings. The first-order valence-electron chi connectivity index (χ1n) is 4.69. The Bertz CT molecular complexity index is 410. The molecule has 1 atom stereocenters. The van der Waals surface area contributed by atoms with Gasteiger partial charge in [-0.2, -0.15) is 0 Å². The number of likely N-dealkylation sites (N-methyl/N-ethyl adjacent to an activating group) is 1. The molecule has 0 aromatic carbocycles. The Morgan fingerprint density at radius 2 is 2.53 bits per heavy atom. The first-order valence-corrected chi connectivity index (χ1v) is 6.37. The molecule has 80 valence electrons. The van der Waals surface area contributed by atoms with Crippen LogP contribution in [0.25, 0.3) is 0 Å². The molecule has 2 rings (SSSR count). The molecule has 0 bridgehead atoms. The number of aromatic amines is 1. The third-order valence-electron chi connectivity index (χ3n) is 2.28. The SMILES string of the molecule is CNC(Cc1sccc1Br)c1ncc[nH]1. The van der Waals surface area contributed by atoms with Gasteiger partial charge in [0.25, 0.3) is 0 Å². The summed E-state index contributed by atoms with van der Waals surface area (Å²) in [7, 11) is 1.95. The average Bonchev–Trinajstić information content (AvgIpc) is 2.86. The molecule has 3 nitrogen and oxygen atoms in total. The van der Waals surface area contributed by atoms with Crippen LogP contribution in [-0.4, -0.2) is 17.0 Å². The number of halogens is 1. The number of nitrogens with zero attached hydrogens (tertiary/aromatic N) is 1. The molecular weight excluding hydrogens is 274 g/mol. The summed E-state index contributed by atoms with van der Waals surface area (Å²) in [6.45, 7) is 0. The Balaban J connectivity index is 2.13. The van der Waals surface area contributed by atoms with Crippen LogP contribution in [0.1, 0.15) is 16.7 Å². The standard InChI is InChI=1S/C10H12BrN3S/c1-12-8(10-13-3-4-14-10)6-9-7(11)2-5-15-9/h2-5,8,12H,6H2,1H3,(H,13,14). The predicted octanol–water partition coefficient (Wildman–Crippen LogP) is 2.74. The molecule has 0 fully saturated rings. The topological polar surface area (TPSA) is 40.7 Å². The van der Waals surface area contributed by atoms with Crippen molar-refractivity contribution in [3.8, 4) is 0 Å². The van der Waals surface area contributed by atoms with Crippen molar-refractivity contribution in [2.75, 3.05) is 7.05 Å². The second kappa shape index (κ2) is 4.92. The van der Waals surface area contributed by atoms with Gasteiger partial charge in [-0.1, -0.05) is 0 Å². The maximum atomic E-state index is 4.27. The van der Waals surface area contributed by atoms with Gasteiger partial charge in [-0.3, -0.25) is 0 Å². The maximum absolute atomic E-state index is 4.27. The number of hydrogen-bond acceptors (Lipinski definition) is 3. The number of H-pyrrole nitrogens is 1. The number of imidazole rings is 1. The van der Waals surface area contributed by atoms with Crippen molar-refractivity contribution in [3.63, 3.8) is 0 Å². The molecular formula is C10H12BrN3S. The first-order chi connectivity index (χ1) is 7.31.